The first-order valence-electron chi connectivity index (χ1n) is 9.51. The summed E-state index contributed by atoms with van der Waals surface area (Å²) in [5.41, 5.74) is 2.40. The van der Waals surface area contributed by atoms with Gasteiger partial charge in [0.2, 0.25) is 5.91 Å². The van der Waals surface area contributed by atoms with Crippen molar-refractivity contribution in [2.75, 3.05) is 24.3 Å². The van der Waals surface area contributed by atoms with Crippen LogP contribution in [-0.2, 0) is 11.3 Å². The number of nitrogens with one attached hydrogen (secondary N) is 2. The van der Waals surface area contributed by atoms with Crippen LogP contribution >= 0.6 is 0 Å². The van der Waals surface area contributed by atoms with E-state index in [2.05, 4.69) is 10.6 Å². The zero-order chi connectivity index (χ0) is 20.5. The minimum atomic E-state index is -0.203. The van der Waals surface area contributed by atoms with E-state index in [1.54, 1.807) is 36.2 Å². The van der Waals surface area contributed by atoms with Crippen molar-refractivity contribution in [3.8, 4) is 5.75 Å². The van der Waals surface area contributed by atoms with Crippen molar-refractivity contribution >= 4 is 23.3 Å². The number of benzene rings is 2. The van der Waals surface area contributed by atoms with Gasteiger partial charge in [-0.25, -0.2) is 4.79 Å². The number of rotatable bonds is 8. The molecule has 2 aromatic carbocycles. The topological polar surface area (TPSA) is 70.7 Å². The predicted octanol–water partition coefficient (Wildman–Crippen LogP) is 4.73. The lowest BCUT2D eigenvalue weighted by Crippen LogP contribution is -2.30. The average Bonchev–Trinajstić information content (AvgIpc) is 2.64. The fourth-order valence-corrected chi connectivity index (χ4v) is 2.64. The molecule has 0 bridgehead atoms. The first kappa shape index (κ1) is 21.3. The maximum Gasteiger partial charge on any atom is 0.321 e. The van der Waals surface area contributed by atoms with Gasteiger partial charge in [0.15, 0.2) is 0 Å². The average molecular weight is 383 g/mol. The molecule has 2 rings (SSSR count). The zero-order valence-corrected chi connectivity index (χ0v) is 17.0. The predicted molar refractivity (Wildman–Crippen MR) is 113 cm³/mol. The molecule has 0 fully saturated rings. The van der Waals surface area contributed by atoms with E-state index in [9.17, 15) is 9.59 Å². The van der Waals surface area contributed by atoms with E-state index in [0.717, 1.165) is 11.3 Å². The maximum absolute atomic E-state index is 12.4. The third kappa shape index (κ3) is 6.95. The zero-order valence-electron chi connectivity index (χ0n) is 17.0. The quantitative estimate of drug-likeness (QED) is 0.692. The number of carbonyl (C=O) groups is 2. The SMILES string of the molecule is CCOc1ccc(CN(C)C(=O)Nc2ccc(NC(=O)CC(C)C)cc2)cc1. The number of anilines is 2. The Morgan fingerprint density at radius 3 is 2.07 bits per heavy atom. The molecule has 0 aromatic heterocycles. The highest BCUT2D eigenvalue weighted by molar-refractivity contribution is 5.92. The van der Waals surface area contributed by atoms with Crippen molar-refractivity contribution in [3.63, 3.8) is 0 Å². The van der Waals surface area contributed by atoms with Crippen LogP contribution in [0.25, 0.3) is 0 Å². The van der Waals surface area contributed by atoms with Gasteiger partial charge in [0.05, 0.1) is 6.61 Å². The summed E-state index contributed by atoms with van der Waals surface area (Å²) >= 11 is 0. The van der Waals surface area contributed by atoms with Gasteiger partial charge in [0, 0.05) is 31.4 Å². The van der Waals surface area contributed by atoms with Crippen LogP contribution in [-0.4, -0.2) is 30.5 Å². The molecule has 2 N–H and O–H groups in total. The van der Waals surface area contributed by atoms with E-state index >= 15 is 0 Å². The summed E-state index contributed by atoms with van der Waals surface area (Å²) in [6.07, 6.45) is 0.481. The smallest absolute Gasteiger partial charge is 0.321 e. The van der Waals surface area contributed by atoms with E-state index in [0.29, 0.717) is 36.9 Å². The number of nitrogens with zero attached hydrogens (tertiary/aromatic N) is 1. The molecular formula is C22H29N3O3. The second-order valence-corrected chi connectivity index (χ2v) is 7.09. The number of ether oxygens (including phenoxy) is 1. The van der Waals surface area contributed by atoms with Crippen LogP contribution in [0.4, 0.5) is 16.2 Å². The van der Waals surface area contributed by atoms with Crippen LogP contribution in [0.3, 0.4) is 0 Å². The normalized spacial score (nSPS) is 10.5. The summed E-state index contributed by atoms with van der Waals surface area (Å²) in [7, 11) is 1.74. The van der Waals surface area contributed by atoms with E-state index in [1.165, 1.54) is 0 Å². The van der Waals surface area contributed by atoms with E-state index in [-0.39, 0.29) is 11.9 Å². The Kier molecular flexibility index (Phi) is 7.87. The molecule has 0 unspecified atom stereocenters. The Labute approximate surface area is 166 Å². The fourth-order valence-electron chi connectivity index (χ4n) is 2.64. The van der Waals surface area contributed by atoms with Crippen molar-refractivity contribution in [2.45, 2.75) is 33.7 Å². The summed E-state index contributed by atoms with van der Waals surface area (Å²) in [6, 6.07) is 14.6. The monoisotopic (exact) mass is 383 g/mol. The Morgan fingerprint density at radius 2 is 1.54 bits per heavy atom. The second kappa shape index (κ2) is 10.3. The van der Waals surface area contributed by atoms with Crippen molar-refractivity contribution in [1.82, 2.24) is 4.90 Å². The number of amides is 3. The van der Waals surface area contributed by atoms with Gasteiger partial charge in [-0.05, 0) is 54.8 Å². The Morgan fingerprint density at radius 1 is 0.964 bits per heavy atom. The lowest BCUT2D eigenvalue weighted by atomic mass is 10.1. The Bertz CT molecular complexity index is 771. The molecule has 0 aliphatic heterocycles. The molecule has 0 aliphatic rings. The molecule has 3 amide bonds. The highest BCUT2D eigenvalue weighted by Crippen LogP contribution is 2.16. The second-order valence-electron chi connectivity index (χ2n) is 7.09. The lowest BCUT2D eigenvalue weighted by molar-refractivity contribution is -0.116. The molecule has 0 atom stereocenters. The van der Waals surface area contributed by atoms with Gasteiger partial charge in [0.25, 0.3) is 0 Å². The largest absolute Gasteiger partial charge is 0.494 e. The molecule has 2 aromatic rings. The highest BCUT2D eigenvalue weighted by atomic mass is 16.5. The number of hydrogen-bond donors (Lipinski definition) is 2. The lowest BCUT2D eigenvalue weighted by Gasteiger charge is -2.18. The van der Waals surface area contributed by atoms with Gasteiger partial charge in [0.1, 0.15) is 5.75 Å². The number of urea groups is 1. The van der Waals surface area contributed by atoms with Gasteiger partial charge in [-0.3, -0.25) is 4.79 Å². The third-order valence-electron chi connectivity index (χ3n) is 4.01. The van der Waals surface area contributed by atoms with Crippen LogP contribution in [0.5, 0.6) is 5.75 Å². The van der Waals surface area contributed by atoms with Crippen molar-refractivity contribution in [1.29, 1.82) is 0 Å². The molecule has 28 heavy (non-hydrogen) atoms. The molecule has 0 saturated heterocycles. The van der Waals surface area contributed by atoms with Gasteiger partial charge in [-0.1, -0.05) is 26.0 Å². The summed E-state index contributed by atoms with van der Waals surface area (Å²) in [6.45, 7) is 7.06. The molecule has 6 nitrogen and oxygen atoms in total. The Balaban J connectivity index is 1.86. The first-order chi connectivity index (χ1) is 13.4. The van der Waals surface area contributed by atoms with Gasteiger partial charge >= 0.3 is 6.03 Å². The van der Waals surface area contributed by atoms with Gasteiger partial charge in [-0.2, -0.15) is 0 Å². The summed E-state index contributed by atoms with van der Waals surface area (Å²) < 4.78 is 5.43. The molecule has 0 spiro atoms. The Hall–Kier alpha value is -3.02. The van der Waals surface area contributed by atoms with E-state index in [1.807, 2.05) is 45.0 Å². The van der Waals surface area contributed by atoms with Gasteiger partial charge in [-0.15, -0.1) is 0 Å². The van der Waals surface area contributed by atoms with Gasteiger partial charge < -0.3 is 20.3 Å². The fraction of sp³-hybridized carbons (Fsp3) is 0.364. The van der Waals surface area contributed by atoms with Crippen LogP contribution in [0, 0.1) is 5.92 Å². The number of hydrogen-bond acceptors (Lipinski definition) is 3. The van der Waals surface area contributed by atoms with E-state index in [4.69, 9.17) is 4.74 Å². The van der Waals surface area contributed by atoms with E-state index < -0.39 is 0 Å². The molecule has 0 aliphatic carbocycles. The van der Waals surface area contributed by atoms with Crippen molar-refractivity contribution in [2.24, 2.45) is 5.92 Å². The standard InChI is InChI=1S/C22H29N3O3/c1-5-28-20-12-6-17(7-13-20)15-25(4)22(27)24-19-10-8-18(9-11-19)23-21(26)14-16(2)3/h6-13,16H,5,14-15H2,1-4H3,(H,23,26)(H,24,27). The maximum atomic E-state index is 12.4. The summed E-state index contributed by atoms with van der Waals surface area (Å²) in [4.78, 5) is 25.8. The van der Waals surface area contributed by atoms with Crippen molar-refractivity contribution in [3.05, 3.63) is 54.1 Å². The first-order valence-corrected chi connectivity index (χ1v) is 9.51. The van der Waals surface area contributed by atoms with Crippen LogP contribution in [0.1, 0.15) is 32.8 Å². The third-order valence-corrected chi connectivity index (χ3v) is 4.01. The number of carbonyl (C=O) groups excluding carboxylic acids is 2. The van der Waals surface area contributed by atoms with Crippen LogP contribution in [0.15, 0.2) is 48.5 Å². The molecule has 150 valence electrons. The summed E-state index contributed by atoms with van der Waals surface area (Å²) in [5, 5.41) is 5.71. The molecule has 0 heterocycles. The summed E-state index contributed by atoms with van der Waals surface area (Å²) in [5.74, 6) is 1.12. The minimum absolute atomic E-state index is 0.0122. The molecule has 6 heteroatoms. The van der Waals surface area contributed by atoms with Crippen LogP contribution in [0.2, 0.25) is 0 Å². The van der Waals surface area contributed by atoms with Crippen LogP contribution < -0.4 is 15.4 Å². The minimum Gasteiger partial charge on any atom is -0.494 e. The molecule has 0 saturated carbocycles. The molecule has 0 radical (unpaired) electrons. The molecular weight excluding hydrogens is 354 g/mol. The van der Waals surface area contributed by atoms with Crippen molar-refractivity contribution < 1.29 is 14.3 Å². The highest BCUT2D eigenvalue weighted by Gasteiger charge is 2.10.